The molecule has 1 aliphatic carbocycles. The Balaban J connectivity index is 1.77. The summed E-state index contributed by atoms with van der Waals surface area (Å²) in [5.74, 6) is -1.26. The fourth-order valence-corrected chi connectivity index (χ4v) is 5.78. The summed E-state index contributed by atoms with van der Waals surface area (Å²) in [7, 11) is -3.23. The summed E-state index contributed by atoms with van der Waals surface area (Å²) in [5.41, 5.74) is 8.53. The molecule has 3 amide bonds. The summed E-state index contributed by atoms with van der Waals surface area (Å²) in [6.07, 6.45) is 4.78. The maximum Gasteiger partial charge on any atom is 0.399 e. The van der Waals surface area contributed by atoms with E-state index in [1.807, 2.05) is 12.1 Å². The Hall–Kier alpha value is -3.18. The van der Waals surface area contributed by atoms with E-state index in [0.717, 1.165) is 36.3 Å². The molecule has 1 atom stereocenters. The quantitative estimate of drug-likeness (QED) is 0.252. The van der Waals surface area contributed by atoms with Gasteiger partial charge in [0.25, 0.3) is 5.91 Å². The lowest BCUT2D eigenvalue weighted by atomic mass is 9.81. The Bertz CT molecular complexity index is 1230. The van der Waals surface area contributed by atoms with Crippen molar-refractivity contribution in [3.63, 3.8) is 0 Å². The zero-order valence-corrected chi connectivity index (χ0v) is 23.3. The van der Waals surface area contributed by atoms with Crippen LogP contribution in [-0.4, -0.2) is 35.9 Å². The first-order valence-corrected chi connectivity index (χ1v) is 14.6. The number of nitrogens with zero attached hydrogens (tertiary/aromatic N) is 1. The highest BCUT2D eigenvalue weighted by molar-refractivity contribution is 7.52. The molecule has 0 heterocycles. The molecule has 2 aromatic carbocycles. The SMILES string of the molecule is CON(Cc1ccc(C2CCCCC2)c(C(N)=O)c1)C(=O)[C@H](Cc1ccc(CP(=O)(OF)OF)cc1)NC(C)=O. The van der Waals surface area contributed by atoms with Crippen LogP contribution in [0.15, 0.2) is 42.5 Å². The van der Waals surface area contributed by atoms with Crippen LogP contribution >= 0.6 is 7.60 Å². The highest BCUT2D eigenvalue weighted by atomic mass is 31.2. The molecular formula is C27H34F2N3O7P. The van der Waals surface area contributed by atoms with Crippen LogP contribution in [0.2, 0.25) is 0 Å². The van der Waals surface area contributed by atoms with Gasteiger partial charge < -0.3 is 11.1 Å². The number of nitrogens with two attached hydrogens (primary N) is 1. The monoisotopic (exact) mass is 581 g/mol. The predicted octanol–water partition coefficient (Wildman–Crippen LogP) is 4.97. The lowest BCUT2D eigenvalue weighted by Gasteiger charge is -2.27. The van der Waals surface area contributed by atoms with Gasteiger partial charge in [-0.3, -0.25) is 23.8 Å². The smallest absolute Gasteiger partial charge is 0.366 e. The average Bonchev–Trinajstić information content (AvgIpc) is 2.96. The fraction of sp³-hybridized carbons (Fsp3) is 0.444. The normalized spacial score (nSPS) is 14.9. The molecule has 40 heavy (non-hydrogen) atoms. The van der Waals surface area contributed by atoms with Crippen LogP contribution in [0.1, 0.15) is 77.6 Å². The van der Waals surface area contributed by atoms with Crippen molar-refractivity contribution in [2.45, 2.75) is 70.1 Å². The molecule has 0 aromatic heterocycles. The van der Waals surface area contributed by atoms with Crippen molar-refractivity contribution in [1.29, 1.82) is 0 Å². The largest absolute Gasteiger partial charge is 0.399 e. The van der Waals surface area contributed by atoms with Crippen molar-refractivity contribution in [2.75, 3.05) is 7.11 Å². The first-order chi connectivity index (χ1) is 19.1. The zero-order chi connectivity index (χ0) is 29.3. The van der Waals surface area contributed by atoms with E-state index in [1.54, 1.807) is 18.2 Å². The Labute approximate surface area is 231 Å². The molecule has 1 saturated carbocycles. The second-order valence-electron chi connectivity index (χ2n) is 9.86. The van der Waals surface area contributed by atoms with Crippen LogP contribution in [-0.2, 0) is 47.6 Å². The summed E-state index contributed by atoms with van der Waals surface area (Å²) in [4.78, 5) is 42.9. The molecule has 0 radical (unpaired) electrons. The third-order valence-corrected chi connectivity index (χ3v) is 8.12. The van der Waals surface area contributed by atoms with Crippen molar-refractivity contribution in [2.24, 2.45) is 5.73 Å². The zero-order valence-electron chi connectivity index (χ0n) is 22.4. The van der Waals surface area contributed by atoms with Gasteiger partial charge in [-0.2, -0.15) is 0 Å². The van der Waals surface area contributed by atoms with E-state index in [2.05, 4.69) is 14.8 Å². The van der Waals surface area contributed by atoms with Crippen molar-refractivity contribution >= 4 is 25.3 Å². The summed E-state index contributed by atoms with van der Waals surface area (Å²) < 4.78 is 42.7. The van der Waals surface area contributed by atoms with Gasteiger partial charge in [-0.05, 0) is 56.1 Å². The molecule has 10 nitrogen and oxygen atoms in total. The molecule has 1 aliphatic rings. The molecule has 1 fully saturated rings. The standard InChI is InChI=1S/C27H34F2N3O7P/c1-18(33)31-25(15-19-8-10-20(11-9-19)17-40(36,38-28)39-29)27(35)32(37-2)16-21-12-13-23(24(14-21)26(30)34)22-6-4-3-5-7-22/h8-14,22,25H,3-7,15-17H2,1-2H3,(H2,30,34)(H,31,33)/t25-/m0/s1. The van der Waals surface area contributed by atoms with E-state index in [-0.39, 0.29) is 24.4 Å². The number of nitrogens with one attached hydrogen (secondary N) is 1. The molecule has 0 unspecified atom stereocenters. The number of hydrogen-bond donors (Lipinski definition) is 2. The molecule has 3 N–H and O–H groups in total. The van der Waals surface area contributed by atoms with Gasteiger partial charge in [0, 0.05) is 18.9 Å². The van der Waals surface area contributed by atoms with Crippen LogP contribution in [0.5, 0.6) is 0 Å². The van der Waals surface area contributed by atoms with Crippen molar-refractivity contribution in [1.82, 2.24) is 10.4 Å². The summed E-state index contributed by atoms with van der Waals surface area (Å²) in [5, 5.41) is 3.70. The summed E-state index contributed by atoms with van der Waals surface area (Å²) in [6, 6.07) is 10.4. The highest BCUT2D eigenvalue weighted by Gasteiger charge is 2.29. The Morgan fingerprint density at radius 1 is 1.02 bits per heavy atom. The minimum absolute atomic E-state index is 0.00265. The van der Waals surface area contributed by atoms with Gasteiger partial charge in [0.1, 0.15) is 6.04 Å². The van der Waals surface area contributed by atoms with E-state index >= 15 is 0 Å². The molecule has 0 aliphatic heterocycles. The average molecular weight is 582 g/mol. The van der Waals surface area contributed by atoms with Gasteiger partial charge in [0.15, 0.2) is 0 Å². The number of benzene rings is 2. The van der Waals surface area contributed by atoms with Crippen LogP contribution in [0, 0.1) is 0 Å². The molecular weight excluding hydrogens is 547 g/mol. The third-order valence-electron chi connectivity index (χ3n) is 6.95. The molecule has 0 spiro atoms. The number of primary amides is 1. The Morgan fingerprint density at radius 3 is 2.17 bits per heavy atom. The van der Waals surface area contributed by atoms with E-state index < -0.39 is 37.5 Å². The summed E-state index contributed by atoms with van der Waals surface area (Å²) in [6.45, 7) is 1.27. The molecule has 218 valence electrons. The topological polar surface area (TPSA) is 137 Å². The van der Waals surface area contributed by atoms with Gasteiger partial charge in [-0.25, -0.2) is 5.06 Å². The number of hydrogen-bond acceptors (Lipinski definition) is 7. The maximum absolute atomic E-state index is 13.4. The number of hydroxylamine groups is 2. The molecule has 3 rings (SSSR count). The second kappa shape index (κ2) is 14.5. The molecule has 2 aromatic rings. The Morgan fingerprint density at radius 2 is 1.62 bits per heavy atom. The van der Waals surface area contributed by atoms with Crippen LogP contribution in [0.25, 0.3) is 0 Å². The van der Waals surface area contributed by atoms with E-state index in [0.29, 0.717) is 16.7 Å². The highest BCUT2D eigenvalue weighted by Crippen LogP contribution is 2.52. The lowest BCUT2D eigenvalue weighted by Crippen LogP contribution is -2.48. The fourth-order valence-electron chi connectivity index (χ4n) is 5.00. The van der Waals surface area contributed by atoms with Crippen LogP contribution in [0.3, 0.4) is 0 Å². The minimum Gasteiger partial charge on any atom is -0.366 e. The third kappa shape index (κ3) is 8.41. The van der Waals surface area contributed by atoms with Crippen molar-refractivity contribution in [3.05, 3.63) is 70.3 Å². The van der Waals surface area contributed by atoms with Gasteiger partial charge >= 0.3 is 7.60 Å². The minimum atomic E-state index is -4.55. The lowest BCUT2D eigenvalue weighted by molar-refractivity contribution is -0.182. The van der Waals surface area contributed by atoms with Crippen LogP contribution in [0.4, 0.5) is 9.05 Å². The molecule has 13 heteroatoms. The van der Waals surface area contributed by atoms with E-state index in [1.165, 1.54) is 32.6 Å². The van der Waals surface area contributed by atoms with Crippen molar-refractivity contribution in [3.8, 4) is 0 Å². The van der Waals surface area contributed by atoms with Crippen molar-refractivity contribution < 1.29 is 42.3 Å². The van der Waals surface area contributed by atoms with E-state index in [4.69, 9.17) is 10.6 Å². The Kier molecular flexibility index (Phi) is 11.3. The second-order valence-corrected chi connectivity index (χ2v) is 11.7. The number of rotatable bonds is 13. The van der Waals surface area contributed by atoms with Gasteiger partial charge in [0.2, 0.25) is 11.8 Å². The van der Waals surface area contributed by atoms with Crippen LogP contribution < -0.4 is 11.1 Å². The first kappa shape index (κ1) is 31.3. The maximum atomic E-state index is 13.4. The van der Waals surface area contributed by atoms with Gasteiger partial charge in [0.05, 0.1) is 19.8 Å². The molecule has 0 saturated heterocycles. The van der Waals surface area contributed by atoms with Gasteiger partial charge in [-0.1, -0.05) is 55.7 Å². The number of halogens is 2. The summed E-state index contributed by atoms with van der Waals surface area (Å²) >= 11 is 0. The van der Waals surface area contributed by atoms with E-state index in [9.17, 15) is 28.0 Å². The number of carbonyl (C=O) groups is 3. The van der Waals surface area contributed by atoms with Gasteiger partial charge in [-0.15, -0.1) is 9.46 Å². The predicted molar refractivity (Wildman–Crippen MR) is 142 cm³/mol. The number of amides is 3. The first-order valence-electron chi connectivity index (χ1n) is 12.9. The number of carbonyl (C=O) groups excluding carboxylic acids is 3. The molecule has 0 bridgehead atoms.